The minimum absolute atomic E-state index is 0.0730. The number of carbonyl (C=O) groups excluding carboxylic acids is 2. The van der Waals surface area contributed by atoms with E-state index in [0.717, 1.165) is 25.2 Å². The van der Waals surface area contributed by atoms with Crippen molar-refractivity contribution in [2.24, 2.45) is 0 Å². The van der Waals surface area contributed by atoms with Gasteiger partial charge in [0.15, 0.2) is 0 Å². The molecular weight excluding hydrogens is 364 g/mol. The average Bonchev–Trinajstić information content (AvgIpc) is 2.63. The highest BCUT2D eigenvalue weighted by Crippen LogP contribution is 2.24. The summed E-state index contributed by atoms with van der Waals surface area (Å²) in [6, 6.07) is 14.9. The van der Waals surface area contributed by atoms with Crippen LogP contribution < -0.4 is 16.0 Å². The molecule has 3 rings (SSSR count). The summed E-state index contributed by atoms with van der Waals surface area (Å²) >= 11 is 6.12. The van der Waals surface area contributed by atoms with Crippen molar-refractivity contribution in [1.82, 2.24) is 10.2 Å². The third-order valence-corrected chi connectivity index (χ3v) is 4.66. The zero-order chi connectivity index (χ0) is 19.2. The maximum atomic E-state index is 12.5. The van der Waals surface area contributed by atoms with Crippen LogP contribution in [0.15, 0.2) is 48.5 Å². The van der Waals surface area contributed by atoms with Gasteiger partial charge in [-0.2, -0.15) is 0 Å². The minimum atomic E-state index is -0.127. The molecule has 0 radical (unpaired) electrons. The second-order valence-electron chi connectivity index (χ2n) is 6.55. The smallest absolute Gasteiger partial charge is 0.238 e. The first kappa shape index (κ1) is 19.4. The Labute approximate surface area is 163 Å². The number of hydrogen-bond acceptors (Lipinski definition) is 4. The van der Waals surface area contributed by atoms with Gasteiger partial charge >= 0.3 is 0 Å². The van der Waals surface area contributed by atoms with Crippen LogP contribution in [0, 0.1) is 0 Å². The van der Waals surface area contributed by atoms with Gasteiger partial charge in [0.2, 0.25) is 11.8 Å². The molecule has 142 valence electrons. The molecule has 0 aliphatic carbocycles. The summed E-state index contributed by atoms with van der Waals surface area (Å²) in [5, 5.41) is 9.69. The quantitative estimate of drug-likeness (QED) is 0.738. The highest BCUT2D eigenvalue weighted by atomic mass is 35.5. The Morgan fingerprint density at radius 3 is 2.52 bits per heavy atom. The monoisotopic (exact) mass is 386 g/mol. The zero-order valence-electron chi connectivity index (χ0n) is 15.2. The SMILES string of the molecule is CC(=O)Nc1ccc(NC(=O)CN2CCNCC2c2cccc(Cl)c2)cc1. The number of halogens is 1. The molecule has 7 heteroatoms. The first-order valence-electron chi connectivity index (χ1n) is 8.89. The molecule has 2 amide bonds. The summed E-state index contributed by atoms with van der Waals surface area (Å²) in [6.45, 7) is 4.16. The van der Waals surface area contributed by atoms with E-state index in [2.05, 4.69) is 20.9 Å². The molecule has 0 saturated carbocycles. The number of rotatable bonds is 5. The summed E-state index contributed by atoms with van der Waals surface area (Å²) in [5.74, 6) is -0.200. The van der Waals surface area contributed by atoms with Gasteiger partial charge in [-0.1, -0.05) is 23.7 Å². The molecule has 1 fully saturated rings. The lowest BCUT2D eigenvalue weighted by molar-refractivity contribution is -0.118. The van der Waals surface area contributed by atoms with Gasteiger partial charge in [0.25, 0.3) is 0 Å². The molecule has 27 heavy (non-hydrogen) atoms. The Bertz CT molecular complexity index is 810. The summed E-state index contributed by atoms with van der Waals surface area (Å²) < 4.78 is 0. The van der Waals surface area contributed by atoms with Crippen molar-refractivity contribution in [3.8, 4) is 0 Å². The van der Waals surface area contributed by atoms with Crippen LogP contribution in [0.4, 0.5) is 11.4 Å². The fourth-order valence-electron chi connectivity index (χ4n) is 3.20. The Morgan fingerprint density at radius 1 is 1.15 bits per heavy atom. The lowest BCUT2D eigenvalue weighted by Gasteiger charge is -2.36. The van der Waals surface area contributed by atoms with Crippen LogP contribution >= 0.6 is 11.6 Å². The highest BCUT2D eigenvalue weighted by Gasteiger charge is 2.25. The number of nitrogens with one attached hydrogen (secondary N) is 3. The van der Waals surface area contributed by atoms with Gasteiger partial charge in [-0.3, -0.25) is 14.5 Å². The molecule has 3 N–H and O–H groups in total. The van der Waals surface area contributed by atoms with E-state index in [9.17, 15) is 9.59 Å². The number of anilines is 2. The summed E-state index contributed by atoms with van der Waals surface area (Å²) in [7, 11) is 0. The molecule has 1 heterocycles. The normalized spacial score (nSPS) is 17.3. The van der Waals surface area contributed by atoms with Crippen molar-refractivity contribution in [3.05, 3.63) is 59.1 Å². The second kappa shape index (κ2) is 8.99. The van der Waals surface area contributed by atoms with E-state index in [4.69, 9.17) is 11.6 Å². The lowest BCUT2D eigenvalue weighted by atomic mass is 10.0. The van der Waals surface area contributed by atoms with Crippen molar-refractivity contribution in [2.75, 3.05) is 36.8 Å². The Morgan fingerprint density at radius 2 is 1.85 bits per heavy atom. The van der Waals surface area contributed by atoms with Crippen LogP contribution in [-0.2, 0) is 9.59 Å². The standard InChI is InChI=1S/C20H23ClN4O2/c1-14(26)23-17-5-7-18(8-6-17)24-20(27)13-25-10-9-22-12-19(25)15-3-2-4-16(21)11-15/h2-8,11,19,22H,9-10,12-13H2,1H3,(H,23,26)(H,24,27). The minimum Gasteiger partial charge on any atom is -0.326 e. The van der Waals surface area contributed by atoms with Gasteiger partial charge in [-0.15, -0.1) is 0 Å². The third-order valence-electron chi connectivity index (χ3n) is 4.42. The van der Waals surface area contributed by atoms with Gasteiger partial charge in [0.1, 0.15) is 0 Å². The number of hydrogen-bond donors (Lipinski definition) is 3. The van der Waals surface area contributed by atoms with Crippen LogP contribution in [-0.4, -0.2) is 42.9 Å². The van der Waals surface area contributed by atoms with E-state index in [-0.39, 0.29) is 17.9 Å². The fourth-order valence-corrected chi connectivity index (χ4v) is 3.40. The van der Waals surface area contributed by atoms with Crippen LogP contribution in [0.2, 0.25) is 5.02 Å². The number of carbonyl (C=O) groups is 2. The van der Waals surface area contributed by atoms with Gasteiger partial charge in [0, 0.05) is 49.0 Å². The van der Waals surface area contributed by atoms with Crippen LogP contribution in [0.5, 0.6) is 0 Å². The Hall–Kier alpha value is -2.41. The molecule has 1 unspecified atom stereocenters. The summed E-state index contributed by atoms with van der Waals surface area (Å²) in [6.07, 6.45) is 0. The highest BCUT2D eigenvalue weighted by molar-refractivity contribution is 6.30. The van der Waals surface area contributed by atoms with E-state index in [1.165, 1.54) is 6.92 Å². The second-order valence-corrected chi connectivity index (χ2v) is 6.99. The maximum Gasteiger partial charge on any atom is 0.238 e. The molecule has 2 aromatic carbocycles. The van der Waals surface area contributed by atoms with Crippen molar-refractivity contribution in [2.45, 2.75) is 13.0 Å². The van der Waals surface area contributed by atoms with E-state index >= 15 is 0 Å². The molecule has 0 bridgehead atoms. The van der Waals surface area contributed by atoms with Gasteiger partial charge in [-0.05, 0) is 42.0 Å². The van der Waals surface area contributed by atoms with Crippen molar-refractivity contribution in [3.63, 3.8) is 0 Å². The average molecular weight is 387 g/mol. The molecule has 1 saturated heterocycles. The number of piperazine rings is 1. The molecule has 2 aromatic rings. The topological polar surface area (TPSA) is 73.5 Å². The number of nitrogens with zero attached hydrogens (tertiary/aromatic N) is 1. The molecule has 1 aliphatic rings. The third kappa shape index (κ3) is 5.53. The van der Waals surface area contributed by atoms with E-state index in [1.54, 1.807) is 24.3 Å². The summed E-state index contributed by atoms with van der Waals surface area (Å²) in [4.78, 5) is 25.7. The van der Waals surface area contributed by atoms with Crippen LogP contribution in [0.1, 0.15) is 18.5 Å². The maximum absolute atomic E-state index is 12.5. The number of amides is 2. The first-order chi connectivity index (χ1) is 13.0. The van der Waals surface area contributed by atoms with Gasteiger partial charge in [0.05, 0.1) is 6.54 Å². The fraction of sp³-hybridized carbons (Fsp3) is 0.300. The van der Waals surface area contributed by atoms with E-state index < -0.39 is 0 Å². The summed E-state index contributed by atoms with van der Waals surface area (Å²) in [5.41, 5.74) is 2.49. The van der Waals surface area contributed by atoms with Crippen molar-refractivity contribution in [1.29, 1.82) is 0 Å². The first-order valence-corrected chi connectivity index (χ1v) is 9.27. The van der Waals surface area contributed by atoms with E-state index in [1.807, 2.05) is 24.3 Å². The van der Waals surface area contributed by atoms with Crippen LogP contribution in [0.3, 0.4) is 0 Å². The van der Waals surface area contributed by atoms with Crippen molar-refractivity contribution >= 4 is 34.8 Å². The largest absolute Gasteiger partial charge is 0.326 e. The Balaban J connectivity index is 1.62. The van der Waals surface area contributed by atoms with E-state index in [0.29, 0.717) is 22.9 Å². The Kier molecular flexibility index (Phi) is 6.45. The molecule has 6 nitrogen and oxygen atoms in total. The van der Waals surface area contributed by atoms with Gasteiger partial charge in [-0.25, -0.2) is 0 Å². The molecule has 0 aromatic heterocycles. The molecule has 1 atom stereocenters. The predicted molar refractivity (Wildman–Crippen MR) is 108 cm³/mol. The predicted octanol–water partition coefficient (Wildman–Crippen LogP) is 2.88. The zero-order valence-corrected chi connectivity index (χ0v) is 15.9. The van der Waals surface area contributed by atoms with Gasteiger partial charge < -0.3 is 16.0 Å². The van der Waals surface area contributed by atoms with Crippen molar-refractivity contribution < 1.29 is 9.59 Å². The molecular formula is C20H23ClN4O2. The van der Waals surface area contributed by atoms with Crippen LogP contribution in [0.25, 0.3) is 0 Å². The molecule has 1 aliphatic heterocycles. The molecule has 0 spiro atoms. The number of benzene rings is 2. The lowest BCUT2D eigenvalue weighted by Crippen LogP contribution is -2.48.